The number of carbonyl (C=O) groups excluding carboxylic acids is 1. The number of amides is 1. The highest BCUT2D eigenvalue weighted by Crippen LogP contribution is 2.43. The zero-order chi connectivity index (χ0) is 19.7. The van der Waals surface area contributed by atoms with E-state index in [0.717, 1.165) is 16.7 Å². The number of aliphatic hydroxyl groups excluding tert-OH is 1. The normalized spacial score (nSPS) is 16.7. The van der Waals surface area contributed by atoms with Crippen LogP contribution in [0.1, 0.15) is 22.7 Å². The molecule has 140 valence electrons. The Hall–Kier alpha value is -3.11. The van der Waals surface area contributed by atoms with Crippen LogP contribution in [-0.4, -0.2) is 15.9 Å². The summed E-state index contributed by atoms with van der Waals surface area (Å²) < 4.78 is 13.5. The van der Waals surface area contributed by atoms with E-state index in [1.165, 1.54) is 12.1 Å². The molecule has 1 atom stereocenters. The van der Waals surface area contributed by atoms with Gasteiger partial charge in [-0.05, 0) is 41.0 Å². The van der Waals surface area contributed by atoms with Crippen molar-refractivity contribution in [2.75, 3.05) is 0 Å². The molecule has 1 aliphatic heterocycles. The lowest BCUT2D eigenvalue weighted by molar-refractivity contribution is -0.130. The monoisotopic (exact) mass is 393 g/mol. The fourth-order valence-electron chi connectivity index (χ4n) is 3.51. The highest BCUT2D eigenvalue weighted by atomic mass is 35.5. The van der Waals surface area contributed by atoms with Crippen molar-refractivity contribution in [1.29, 1.82) is 0 Å². The minimum absolute atomic E-state index is 0.283. The van der Waals surface area contributed by atoms with E-state index in [4.69, 9.17) is 11.6 Å². The van der Waals surface area contributed by atoms with E-state index in [1.807, 2.05) is 42.5 Å². The van der Waals surface area contributed by atoms with E-state index in [-0.39, 0.29) is 11.6 Å². The van der Waals surface area contributed by atoms with Gasteiger partial charge in [0.05, 0.1) is 6.04 Å². The highest BCUT2D eigenvalue weighted by molar-refractivity contribution is 6.30. The molecule has 3 aromatic rings. The minimum Gasteiger partial charge on any atom is -0.503 e. The van der Waals surface area contributed by atoms with Gasteiger partial charge in [0, 0.05) is 17.1 Å². The number of hydrogen-bond donors (Lipinski definition) is 1. The van der Waals surface area contributed by atoms with Crippen LogP contribution in [0.5, 0.6) is 0 Å². The minimum atomic E-state index is -0.522. The molecule has 3 nitrogen and oxygen atoms in total. The summed E-state index contributed by atoms with van der Waals surface area (Å²) in [5.41, 5.74) is 2.88. The fraction of sp³-hybridized carbons (Fsp3) is 0.0870. The summed E-state index contributed by atoms with van der Waals surface area (Å²) in [6.07, 6.45) is 0. The number of hydrogen-bond acceptors (Lipinski definition) is 2. The Balaban J connectivity index is 1.80. The number of aliphatic hydroxyl groups is 1. The van der Waals surface area contributed by atoms with Crippen molar-refractivity contribution < 1.29 is 14.3 Å². The molecule has 1 amide bonds. The van der Waals surface area contributed by atoms with E-state index < -0.39 is 11.9 Å². The lowest BCUT2D eigenvalue weighted by atomic mass is 9.93. The number of halogens is 2. The van der Waals surface area contributed by atoms with Gasteiger partial charge in [0.2, 0.25) is 0 Å². The molecule has 3 aromatic carbocycles. The van der Waals surface area contributed by atoms with Crippen molar-refractivity contribution in [3.05, 3.63) is 112 Å². The molecule has 1 aliphatic rings. The zero-order valence-electron chi connectivity index (χ0n) is 14.8. The maximum Gasteiger partial charge on any atom is 0.290 e. The maximum absolute atomic E-state index is 13.5. The summed E-state index contributed by atoms with van der Waals surface area (Å²) in [5.74, 6) is -1.09. The molecular weight excluding hydrogens is 377 g/mol. The first kappa shape index (κ1) is 18.3. The molecule has 0 bridgehead atoms. The number of carbonyl (C=O) groups is 1. The number of nitrogens with zero attached hydrogens (tertiary/aromatic N) is 1. The Morgan fingerprint density at radius 3 is 2.21 bits per heavy atom. The van der Waals surface area contributed by atoms with Gasteiger partial charge in [-0.1, -0.05) is 66.2 Å². The van der Waals surface area contributed by atoms with Crippen LogP contribution in [0.3, 0.4) is 0 Å². The first-order valence-electron chi connectivity index (χ1n) is 8.84. The summed E-state index contributed by atoms with van der Waals surface area (Å²) in [5, 5.41) is 11.3. The molecule has 1 heterocycles. The summed E-state index contributed by atoms with van der Waals surface area (Å²) in [6, 6.07) is 22.0. The van der Waals surface area contributed by atoms with Crippen molar-refractivity contribution in [3.8, 4) is 0 Å². The molecule has 0 aliphatic carbocycles. The Morgan fingerprint density at radius 1 is 0.929 bits per heavy atom. The van der Waals surface area contributed by atoms with Gasteiger partial charge >= 0.3 is 0 Å². The number of rotatable bonds is 4. The van der Waals surface area contributed by atoms with Crippen LogP contribution < -0.4 is 0 Å². The van der Waals surface area contributed by atoms with Crippen LogP contribution in [0.25, 0.3) is 5.57 Å². The molecular formula is C23H17ClFNO2. The average Bonchev–Trinajstić information content (AvgIpc) is 2.96. The summed E-state index contributed by atoms with van der Waals surface area (Å²) in [7, 11) is 0. The first-order valence-corrected chi connectivity index (χ1v) is 9.22. The molecule has 0 saturated carbocycles. The second kappa shape index (κ2) is 7.49. The molecule has 0 aromatic heterocycles. The van der Waals surface area contributed by atoms with E-state index in [0.29, 0.717) is 17.1 Å². The summed E-state index contributed by atoms with van der Waals surface area (Å²) in [6.45, 7) is 0.290. The van der Waals surface area contributed by atoms with Gasteiger partial charge in [0.15, 0.2) is 5.76 Å². The topological polar surface area (TPSA) is 40.5 Å². The lowest BCUT2D eigenvalue weighted by Crippen LogP contribution is -2.29. The van der Waals surface area contributed by atoms with E-state index in [2.05, 4.69) is 0 Å². The third-order valence-corrected chi connectivity index (χ3v) is 5.09. The molecule has 0 fully saturated rings. The van der Waals surface area contributed by atoms with Gasteiger partial charge in [-0.3, -0.25) is 4.79 Å². The quantitative estimate of drug-likeness (QED) is 0.633. The van der Waals surface area contributed by atoms with Crippen molar-refractivity contribution in [2.45, 2.75) is 12.6 Å². The molecule has 1 N–H and O–H groups in total. The second-order valence-electron chi connectivity index (χ2n) is 6.64. The average molecular weight is 394 g/mol. The predicted octanol–water partition coefficient (Wildman–Crippen LogP) is 5.53. The fourth-order valence-corrected chi connectivity index (χ4v) is 3.63. The Labute approximate surface area is 167 Å². The van der Waals surface area contributed by atoms with Crippen LogP contribution >= 0.6 is 11.6 Å². The van der Waals surface area contributed by atoms with Crippen molar-refractivity contribution in [2.24, 2.45) is 0 Å². The SMILES string of the molecule is O=C1C(O)=C(c2ccccc2)[C@@H](c2ccc(F)cc2)N1Cc1ccc(Cl)cc1. The second-order valence-corrected chi connectivity index (χ2v) is 7.08. The van der Waals surface area contributed by atoms with Crippen LogP contribution in [0, 0.1) is 5.82 Å². The van der Waals surface area contributed by atoms with Gasteiger partial charge in [-0.15, -0.1) is 0 Å². The predicted molar refractivity (Wildman–Crippen MR) is 107 cm³/mol. The molecule has 0 radical (unpaired) electrons. The van der Waals surface area contributed by atoms with Gasteiger partial charge in [0.25, 0.3) is 5.91 Å². The Morgan fingerprint density at radius 2 is 1.57 bits per heavy atom. The van der Waals surface area contributed by atoms with Crippen LogP contribution in [0.15, 0.2) is 84.6 Å². The maximum atomic E-state index is 13.5. The molecule has 0 spiro atoms. The molecule has 4 rings (SSSR count). The summed E-state index contributed by atoms with van der Waals surface area (Å²) in [4.78, 5) is 14.5. The highest BCUT2D eigenvalue weighted by Gasteiger charge is 2.40. The third-order valence-electron chi connectivity index (χ3n) is 4.84. The van der Waals surface area contributed by atoms with Crippen LogP contribution in [0.2, 0.25) is 5.02 Å². The van der Waals surface area contributed by atoms with E-state index >= 15 is 0 Å². The number of benzene rings is 3. The summed E-state index contributed by atoms with van der Waals surface area (Å²) >= 11 is 5.96. The van der Waals surface area contributed by atoms with Gasteiger partial charge in [0.1, 0.15) is 5.82 Å². The van der Waals surface area contributed by atoms with Crippen LogP contribution in [-0.2, 0) is 11.3 Å². The Kier molecular flexibility index (Phi) is 4.88. The van der Waals surface area contributed by atoms with Crippen molar-refractivity contribution in [1.82, 2.24) is 4.90 Å². The van der Waals surface area contributed by atoms with E-state index in [9.17, 15) is 14.3 Å². The molecule has 0 saturated heterocycles. The van der Waals surface area contributed by atoms with Crippen molar-refractivity contribution >= 4 is 23.1 Å². The first-order chi connectivity index (χ1) is 13.5. The molecule has 0 unspecified atom stereocenters. The van der Waals surface area contributed by atoms with Crippen molar-refractivity contribution in [3.63, 3.8) is 0 Å². The van der Waals surface area contributed by atoms with E-state index in [1.54, 1.807) is 29.2 Å². The van der Waals surface area contributed by atoms with Gasteiger partial charge < -0.3 is 10.0 Å². The molecule has 28 heavy (non-hydrogen) atoms. The third kappa shape index (κ3) is 3.39. The van der Waals surface area contributed by atoms with Crippen LogP contribution in [0.4, 0.5) is 4.39 Å². The van der Waals surface area contributed by atoms with Gasteiger partial charge in [-0.25, -0.2) is 4.39 Å². The largest absolute Gasteiger partial charge is 0.503 e. The molecule has 5 heteroatoms. The standard InChI is InChI=1S/C23H17ClFNO2/c24-18-10-6-15(7-11-18)14-26-21(17-8-12-19(25)13-9-17)20(22(27)23(26)28)16-4-2-1-3-5-16/h1-13,21,27H,14H2/t21-/m1/s1. The van der Waals surface area contributed by atoms with Gasteiger partial charge in [-0.2, -0.15) is 0 Å². The zero-order valence-corrected chi connectivity index (χ0v) is 15.6. The lowest BCUT2D eigenvalue weighted by Gasteiger charge is -2.27. The Bertz CT molecular complexity index is 1030. The smallest absolute Gasteiger partial charge is 0.290 e.